The topological polar surface area (TPSA) is 84.8 Å². The zero-order valence-corrected chi connectivity index (χ0v) is 9.13. The smallest absolute Gasteiger partial charge is 0.271 e. The Bertz CT molecular complexity index is 629. The number of nitro benzene ring substituents is 1. The monoisotopic (exact) mass is 248 g/mol. The van der Waals surface area contributed by atoms with Crippen molar-refractivity contribution < 1.29 is 4.92 Å². The van der Waals surface area contributed by atoms with Crippen LogP contribution in [-0.2, 0) is 0 Å². The van der Waals surface area contributed by atoms with Gasteiger partial charge in [0, 0.05) is 24.5 Å². The molecule has 7 heteroatoms. The number of non-ortho nitro benzene ring substituents is 1. The van der Waals surface area contributed by atoms with Gasteiger partial charge in [-0.1, -0.05) is 11.6 Å². The van der Waals surface area contributed by atoms with Crippen molar-refractivity contribution in [3.63, 3.8) is 0 Å². The van der Waals surface area contributed by atoms with E-state index in [-0.39, 0.29) is 16.5 Å². The predicted octanol–water partition coefficient (Wildman–Crippen LogP) is 2.31. The first-order chi connectivity index (χ1) is 8.13. The van der Waals surface area contributed by atoms with Gasteiger partial charge in [0.1, 0.15) is 6.07 Å². The van der Waals surface area contributed by atoms with E-state index in [4.69, 9.17) is 16.9 Å². The second kappa shape index (κ2) is 4.23. The Hall–Kier alpha value is -2.39. The summed E-state index contributed by atoms with van der Waals surface area (Å²) in [6.45, 7) is 0. The van der Waals surface area contributed by atoms with E-state index in [1.54, 1.807) is 6.20 Å². The highest BCUT2D eigenvalue weighted by Crippen LogP contribution is 2.26. The Morgan fingerprint density at radius 2 is 2.29 bits per heavy atom. The molecule has 0 aliphatic rings. The summed E-state index contributed by atoms with van der Waals surface area (Å²) in [5.41, 5.74) is 0.378. The van der Waals surface area contributed by atoms with Gasteiger partial charge in [-0.25, -0.2) is 4.98 Å². The third-order valence-corrected chi connectivity index (χ3v) is 2.45. The van der Waals surface area contributed by atoms with Gasteiger partial charge in [-0.3, -0.25) is 14.7 Å². The lowest BCUT2D eigenvalue weighted by molar-refractivity contribution is -0.384. The van der Waals surface area contributed by atoms with Gasteiger partial charge in [-0.05, 0) is 6.07 Å². The molecule has 84 valence electrons. The fraction of sp³-hybridized carbons (Fsp3) is 0. The highest BCUT2D eigenvalue weighted by Gasteiger charge is 2.12. The van der Waals surface area contributed by atoms with Gasteiger partial charge in [0.05, 0.1) is 15.6 Å². The minimum atomic E-state index is -0.533. The van der Waals surface area contributed by atoms with Gasteiger partial charge in [0.2, 0.25) is 5.82 Å². The fourth-order valence-corrected chi connectivity index (χ4v) is 1.65. The van der Waals surface area contributed by atoms with E-state index in [1.165, 1.54) is 29.0 Å². The molecule has 2 aromatic rings. The number of aromatic nitrogens is 2. The minimum absolute atomic E-state index is 0.0997. The van der Waals surface area contributed by atoms with Crippen LogP contribution in [0.25, 0.3) is 5.69 Å². The van der Waals surface area contributed by atoms with Gasteiger partial charge < -0.3 is 0 Å². The summed E-state index contributed by atoms with van der Waals surface area (Å²) in [5, 5.41) is 19.6. The van der Waals surface area contributed by atoms with Crippen LogP contribution in [0.4, 0.5) is 5.69 Å². The molecule has 2 rings (SSSR count). The molecule has 0 aliphatic carbocycles. The van der Waals surface area contributed by atoms with Crippen LogP contribution in [0.3, 0.4) is 0 Å². The summed E-state index contributed by atoms with van der Waals surface area (Å²) < 4.78 is 1.46. The molecule has 6 nitrogen and oxygen atoms in total. The van der Waals surface area contributed by atoms with Gasteiger partial charge in [-0.2, -0.15) is 5.26 Å². The zero-order chi connectivity index (χ0) is 12.4. The Labute approximate surface area is 101 Å². The molecule has 17 heavy (non-hydrogen) atoms. The van der Waals surface area contributed by atoms with Gasteiger partial charge in [-0.15, -0.1) is 0 Å². The van der Waals surface area contributed by atoms with Crippen molar-refractivity contribution >= 4 is 17.3 Å². The van der Waals surface area contributed by atoms with Crippen LogP contribution < -0.4 is 0 Å². The van der Waals surface area contributed by atoms with Crippen molar-refractivity contribution in [2.75, 3.05) is 0 Å². The molecule has 0 amide bonds. The summed E-state index contributed by atoms with van der Waals surface area (Å²) >= 11 is 5.93. The lowest BCUT2D eigenvalue weighted by Gasteiger charge is -2.05. The van der Waals surface area contributed by atoms with E-state index in [0.29, 0.717) is 5.69 Å². The maximum Gasteiger partial charge on any atom is 0.271 e. The summed E-state index contributed by atoms with van der Waals surface area (Å²) in [4.78, 5) is 13.8. The molecule has 1 heterocycles. The van der Waals surface area contributed by atoms with E-state index >= 15 is 0 Å². The Balaban J connectivity index is 2.55. The van der Waals surface area contributed by atoms with E-state index in [9.17, 15) is 10.1 Å². The zero-order valence-electron chi connectivity index (χ0n) is 8.37. The Morgan fingerprint density at radius 1 is 1.53 bits per heavy atom. The third-order valence-electron chi connectivity index (χ3n) is 2.14. The molecule has 0 bridgehead atoms. The average molecular weight is 249 g/mol. The lowest BCUT2D eigenvalue weighted by atomic mass is 10.3. The van der Waals surface area contributed by atoms with Crippen molar-refractivity contribution in [3.05, 3.63) is 51.6 Å². The van der Waals surface area contributed by atoms with Gasteiger partial charge in [0.25, 0.3) is 5.69 Å². The number of imidazole rings is 1. The predicted molar refractivity (Wildman–Crippen MR) is 59.9 cm³/mol. The number of halogens is 1. The van der Waals surface area contributed by atoms with Crippen molar-refractivity contribution in [2.24, 2.45) is 0 Å². The summed E-state index contributed by atoms with van der Waals surface area (Å²) in [5.74, 6) is 0.167. The first-order valence-electron chi connectivity index (χ1n) is 4.51. The summed E-state index contributed by atoms with van der Waals surface area (Å²) in [6.07, 6.45) is 3.02. The van der Waals surface area contributed by atoms with Gasteiger partial charge >= 0.3 is 0 Å². The van der Waals surface area contributed by atoms with Crippen molar-refractivity contribution in [1.29, 1.82) is 5.26 Å². The molecule has 0 saturated heterocycles. The average Bonchev–Trinajstić information content (AvgIpc) is 2.76. The number of hydrogen-bond donors (Lipinski definition) is 0. The van der Waals surface area contributed by atoms with Crippen LogP contribution in [0, 0.1) is 21.4 Å². The second-order valence-corrected chi connectivity index (χ2v) is 3.53. The van der Waals surface area contributed by atoms with E-state index < -0.39 is 4.92 Å². The molecule has 0 saturated carbocycles. The number of benzene rings is 1. The molecule has 0 fully saturated rings. The number of hydrogen-bond acceptors (Lipinski definition) is 4. The van der Waals surface area contributed by atoms with Crippen LogP contribution in [0.2, 0.25) is 5.02 Å². The van der Waals surface area contributed by atoms with Gasteiger partial charge in [0.15, 0.2) is 0 Å². The Kier molecular flexibility index (Phi) is 2.77. The molecule has 0 aliphatic heterocycles. The highest BCUT2D eigenvalue weighted by atomic mass is 35.5. The maximum atomic E-state index is 10.5. The minimum Gasteiger partial charge on any atom is -0.290 e. The van der Waals surface area contributed by atoms with E-state index in [1.807, 2.05) is 6.07 Å². The standard InChI is InChI=1S/C10H5ClN4O2/c11-8-5-7(15(16)17)1-2-9(8)14-4-3-13-10(14)6-12/h1-5H. The number of nitro groups is 1. The number of nitriles is 1. The molecule has 0 N–H and O–H groups in total. The lowest BCUT2D eigenvalue weighted by Crippen LogP contribution is -1.98. The van der Waals surface area contributed by atoms with Crippen LogP contribution in [0.15, 0.2) is 30.6 Å². The number of rotatable bonds is 2. The van der Waals surface area contributed by atoms with Crippen molar-refractivity contribution in [2.45, 2.75) is 0 Å². The molecule has 0 atom stereocenters. The molecular formula is C10H5ClN4O2. The largest absolute Gasteiger partial charge is 0.290 e. The third kappa shape index (κ3) is 1.96. The first kappa shape index (κ1) is 11.1. The molecule has 1 aromatic carbocycles. The second-order valence-electron chi connectivity index (χ2n) is 3.13. The maximum absolute atomic E-state index is 10.5. The molecule has 0 spiro atoms. The quantitative estimate of drug-likeness (QED) is 0.603. The molecular weight excluding hydrogens is 244 g/mol. The SMILES string of the molecule is N#Cc1nccn1-c1ccc([N+](=O)[O-])cc1Cl. The number of nitrogens with zero attached hydrogens (tertiary/aromatic N) is 4. The highest BCUT2D eigenvalue weighted by molar-refractivity contribution is 6.32. The molecule has 1 aromatic heterocycles. The van der Waals surface area contributed by atoms with Crippen molar-refractivity contribution in [3.8, 4) is 11.8 Å². The van der Waals surface area contributed by atoms with Crippen LogP contribution in [0.5, 0.6) is 0 Å². The van der Waals surface area contributed by atoms with Crippen molar-refractivity contribution in [1.82, 2.24) is 9.55 Å². The fourth-order valence-electron chi connectivity index (χ4n) is 1.39. The summed E-state index contributed by atoms with van der Waals surface area (Å²) in [6, 6.07) is 5.93. The van der Waals surface area contributed by atoms with Crippen LogP contribution >= 0.6 is 11.6 Å². The first-order valence-corrected chi connectivity index (χ1v) is 4.89. The van der Waals surface area contributed by atoms with E-state index in [2.05, 4.69) is 4.98 Å². The van der Waals surface area contributed by atoms with Crippen LogP contribution in [0.1, 0.15) is 5.82 Å². The summed E-state index contributed by atoms with van der Waals surface area (Å²) in [7, 11) is 0. The van der Waals surface area contributed by atoms with Crippen LogP contribution in [-0.4, -0.2) is 14.5 Å². The molecule has 0 unspecified atom stereocenters. The molecule has 0 radical (unpaired) electrons. The Morgan fingerprint density at radius 3 is 2.88 bits per heavy atom. The van der Waals surface area contributed by atoms with E-state index in [0.717, 1.165) is 0 Å². The normalized spacial score (nSPS) is 9.88.